The summed E-state index contributed by atoms with van der Waals surface area (Å²) in [5.41, 5.74) is 1.09. The minimum absolute atomic E-state index is 0.0115. The van der Waals surface area contributed by atoms with Crippen LogP contribution in [0, 0.1) is 6.92 Å². The number of rotatable bonds is 6. The number of carbonyl (C=O) groups excluding carboxylic acids is 1. The maximum Gasteiger partial charge on any atom is 0.258 e. The van der Waals surface area contributed by atoms with Gasteiger partial charge in [-0.3, -0.25) is 9.69 Å². The molecule has 1 aromatic rings. The molecule has 1 fully saturated rings. The molecule has 1 saturated heterocycles. The van der Waals surface area contributed by atoms with Crippen molar-refractivity contribution in [2.75, 3.05) is 26.8 Å². The van der Waals surface area contributed by atoms with E-state index in [0.717, 1.165) is 25.1 Å². The van der Waals surface area contributed by atoms with Crippen LogP contribution in [-0.4, -0.2) is 49.7 Å². The highest BCUT2D eigenvalue weighted by atomic mass is 16.5. The van der Waals surface area contributed by atoms with Gasteiger partial charge in [0.25, 0.3) is 5.91 Å². The van der Waals surface area contributed by atoms with Crippen molar-refractivity contribution in [3.8, 4) is 11.5 Å². The number of hydrogen-bond donors (Lipinski definition) is 1. The van der Waals surface area contributed by atoms with Crippen molar-refractivity contribution in [2.45, 2.75) is 39.3 Å². The van der Waals surface area contributed by atoms with Crippen LogP contribution in [-0.2, 0) is 4.79 Å². The lowest BCUT2D eigenvalue weighted by atomic mass is 10.2. The molecule has 0 bridgehead atoms. The summed E-state index contributed by atoms with van der Waals surface area (Å²) in [7, 11) is 1.60. The molecule has 1 amide bonds. The van der Waals surface area contributed by atoms with Crippen molar-refractivity contribution in [2.24, 2.45) is 0 Å². The van der Waals surface area contributed by atoms with E-state index >= 15 is 0 Å². The maximum atomic E-state index is 12.0. The van der Waals surface area contributed by atoms with E-state index < -0.39 is 0 Å². The van der Waals surface area contributed by atoms with Gasteiger partial charge in [0, 0.05) is 25.2 Å². The molecule has 0 aliphatic carbocycles. The lowest BCUT2D eigenvalue weighted by molar-refractivity contribution is -0.123. The average Bonchev–Trinajstić information content (AvgIpc) is 2.94. The number of ether oxygens (including phenoxy) is 2. The number of nitrogens with one attached hydrogen (secondary N) is 1. The molecular formula is C17H26N2O3. The van der Waals surface area contributed by atoms with Crippen LogP contribution in [0.5, 0.6) is 11.5 Å². The third kappa shape index (κ3) is 4.37. The topological polar surface area (TPSA) is 50.8 Å². The first-order valence-electron chi connectivity index (χ1n) is 7.80. The fraction of sp³-hybridized carbons (Fsp3) is 0.588. The number of nitrogens with zero attached hydrogens (tertiary/aromatic N) is 1. The average molecular weight is 306 g/mol. The van der Waals surface area contributed by atoms with Gasteiger partial charge in [0.2, 0.25) is 0 Å². The zero-order chi connectivity index (χ0) is 16.1. The Kier molecular flexibility index (Phi) is 5.66. The van der Waals surface area contributed by atoms with Crippen molar-refractivity contribution in [3.63, 3.8) is 0 Å². The van der Waals surface area contributed by atoms with Crippen LogP contribution in [0.1, 0.15) is 25.8 Å². The number of amides is 1. The third-order valence-corrected chi connectivity index (χ3v) is 3.99. The Labute approximate surface area is 132 Å². The van der Waals surface area contributed by atoms with E-state index in [9.17, 15) is 4.79 Å². The molecule has 1 N–H and O–H groups in total. The van der Waals surface area contributed by atoms with E-state index in [4.69, 9.17) is 9.47 Å². The number of likely N-dealkylation sites (tertiary alicyclic amines) is 1. The first kappa shape index (κ1) is 16.6. The van der Waals surface area contributed by atoms with Gasteiger partial charge >= 0.3 is 0 Å². The Morgan fingerprint density at radius 1 is 1.41 bits per heavy atom. The monoisotopic (exact) mass is 306 g/mol. The summed E-state index contributed by atoms with van der Waals surface area (Å²) in [4.78, 5) is 14.4. The highest BCUT2D eigenvalue weighted by Crippen LogP contribution is 2.27. The molecule has 1 aliphatic rings. The van der Waals surface area contributed by atoms with Gasteiger partial charge in [0.1, 0.15) is 0 Å². The van der Waals surface area contributed by atoms with E-state index in [1.165, 1.54) is 0 Å². The van der Waals surface area contributed by atoms with Gasteiger partial charge in [-0.1, -0.05) is 6.07 Å². The minimum atomic E-state index is -0.0850. The van der Waals surface area contributed by atoms with Gasteiger partial charge in [-0.05, 0) is 44.9 Å². The summed E-state index contributed by atoms with van der Waals surface area (Å²) in [5, 5.41) is 3.04. The number of benzene rings is 1. The van der Waals surface area contributed by atoms with Gasteiger partial charge in [-0.15, -0.1) is 0 Å². The van der Waals surface area contributed by atoms with Gasteiger partial charge in [-0.25, -0.2) is 0 Å². The van der Waals surface area contributed by atoms with Gasteiger partial charge in [-0.2, -0.15) is 0 Å². The molecule has 1 atom stereocenters. The molecular weight excluding hydrogens is 280 g/mol. The Morgan fingerprint density at radius 3 is 2.82 bits per heavy atom. The molecule has 0 saturated carbocycles. The predicted octanol–water partition coefficient (Wildman–Crippen LogP) is 1.98. The number of carbonyl (C=O) groups is 1. The Morgan fingerprint density at radius 2 is 2.18 bits per heavy atom. The summed E-state index contributed by atoms with van der Waals surface area (Å²) in [5.74, 6) is 1.16. The van der Waals surface area contributed by atoms with Gasteiger partial charge < -0.3 is 14.8 Å². The molecule has 5 heteroatoms. The fourth-order valence-corrected chi connectivity index (χ4v) is 2.68. The van der Waals surface area contributed by atoms with E-state index in [-0.39, 0.29) is 18.6 Å². The molecule has 22 heavy (non-hydrogen) atoms. The second-order valence-electron chi connectivity index (χ2n) is 6.08. The zero-order valence-corrected chi connectivity index (χ0v) is 13.9. The third-order valence-electron chi connectivity index (χ3n) is 3.99. The molecule has 0 radical (unpaired) electrons. The number of aryl methyl sites for hydroxylation is 1. The molecule has 2 rings (SSSR count). The second-order valence-corrected chi connectivity index (χ2v) is 6.08. The van der Waals surface area contributed by atoms with Gasteiger partial charge in [0.05, 0.1) is 7.11 Å². The van der Waals surface area contributed by atoms with Crippen molar-refractivity contribution in [1.82, 2.24) is 10.2 Å². The number of methoxy groups -OCH3 is 1. The van der Waals surface area contributed by atoms with Gasteiger partial charge in [0.15, 0.2) is 18.1 Å². The molecule has 0 aromatic heterocycles. The largest absolute Gasteiger partial charge is 0.493 e. The van der Waals surface area contributed by atoms with Crippen molar-refractivity contribution in [1.29, 1.82) is 0 Å². The van der Waals surface area contributed by atoms with E-state index in [2.05, 4.69) is 24.1 Å². The van der Waals surface area contributed by atoms with Crippen LogP contribution in [0.15, 0.2) is 18.2 Å². The van der Waals surface area contributed by atoms with Crippen molar-refractivity contribution < 1.29 is 14.3 Å². The maximum absolute atomic E-state index is 12.0. The smallest absolute Gasteiger partial charge is 0.258 e. The summed E-state index contributed by atoms with van der Waals surface area (Å²) in [6, 6.07) is 6.41. The molecule has 0 spiro atoms. The normalized spacial score (nSPS) is 18.5. The van der Waals surface area contributed by atoms with Crippen molar-refractivity contribution in [3.05, 3.63) is 23.8 Å². The van der Waals surface area contributed by atoms with Crippen LogP contribution in [0.3, 0.4) is 0 Å². The van der Waals surface area contributed by atoms with E-state index in [1.807, 2.05) is 25.1 Å². The highest BCUT2D eigenvalue weighted by Gasteiger charge is 2.25. The highest BCUT2D eigenvalue weighted by molar-refractivity contribution is 5.78. The minimum Gasteiger partial charge on any atom is -0.493 e. The Hall–Kier alpha value is -1.75. The molecule has 122 valence electrons. The Balaban J connectivity index is 1.81. The molecule has 1 unspecified atom stereocenters. The molecule has 5 nitrogen and oxygen atoms in total. The van der Waals surface area contributed by atoms with Crippen molar-refractivity contribution >= 4 is 5.91 Å². The first-order chi connectivity index (χ1) is 10.5. The van der Waals surface area contributed by atoms with E-state index in [1.54, 1.807) is 7.11 Å². The fourth-order valence-electron chi connectivity index (χ4n) is 2.68. The zero-order valence-electron chi connectivity index (χ0n) is 13.9. The standard InChI is InChI=1S/C17H26N2O3/c1-12(2)19-8-7-14(10-19)18-17(20)11-22-15-6-5-13(3)9-16(15)21-4/h5-6,9,12,14H,7-8,10-11H2,1-4H3,(H,18,20). The van der Waals surface area contributed by atoms with E-state index in [0.29, 0.717) is 17.5 Å². The Bertz CT molecular complexity index is 517. The lowest BCUT2D eigenvalue weighted by Gasteiger charge is -2.20. The van der Waals surface area contributed by atoms with Crippen LogP contribution in [0.4, 0.5) is 0 Å². The summed E-state index contributed by atoms with van der Waals surface area (Å²) in [6.45, 7) is 8.30. The second kappa shape index (κ2) is 7.49. The SMILES string of the molecule is COc1cc(C)ccc1OCC(=O)NC1CCN(C(C)C)C1. The molecule has 1 heterocycles. The predicted molar refractivity (Wildman–Crippen MR) is 86.5 cm³/mol. The molecule has 1 aliphatic heterocycles. The van der Waals surface area contributed by atoms with Crippen LogP contribution < -0.4 is 14.8 Å². The summed E-state index contributed by atoms with van der Waals surface area (Å²) in [6.07, 6.45) is 0.998. The van der Waals surface area contributed by atoms with Crippen LogP contribution in [0.2, 0.25) is 0 Å². The quantitative estimate of drug-likeness (QED) is 0.873. The van der Waals surface area contributed by atoms with Crippen LogP contribution in [0.25, 0.3) is 0 Å². The molecule has 1 aromatic carbocycles. The first-order valence-corrected chi connectivity index (χ1v) is 7.80. The lowest BCUT2D eigenvalue weighted by Crippen LogP contribution is -2.40. The number of hydrogen-bond acceptors (Lipinski definition) is 4. The summed E-state index contributed by atoms with van der Waals surface area (Å²) < 4.78 is 10.8. The summed E-state index contributed by atoms with van der Waals surface area (Å²) >= 11 is 0. The van der Waals surface area contributed by atoms with Crippen LogP contribution >= 0.6 is 0 Å².